The number of rotatable bonds is 10. The molecule has 2 aromatic rings. The second-order valence-corrected chi connectivity index (χ2v) is 5.52. The molecule has 0 aliphatic carbocycles. The number of hydrogen-bond acceptors (Lipinski definition) is 4. The number of benzene rings is 2. The highest BCUT2D eigenvalue weighted by Gasteiger charge is 2.04. The maximum Gasteiger partial charge on any atom is 0.120 e. The summed E-state index contributed by atoms with van der Waals surface area (Å²) < 4.78 is 21.9. The van der Waals surface area contributed by atoms with E-state index in [1.54, 1.807) is 7.11 Å². The zero-order valence-electron chi connectivity index (χ0n) is 14.9. The van der Waals surface area contributed by atoms with Crippen LogP contribution < -0.4 is 9.47 Å². The van der Waals surface area contributed by atoms with Crippen LogP contribution in [-0.2, 0) is 29.3 Å². The minimum Gasteiger partial charge on any atom is -0.497 e. The molecule has 2 aromatic carbocycles. The zero-order chi connectivity index (χ0) is 18.6. The summed E-state index contributed by atoms with van der Waals surface area (Å²) in [4.78, 5) is 0. The fourth-order valence-electron chi connectivity index (χ4n) is 2.32. The van der Waals surface area contributed by atoms with E-state index >= 15 is 0 Å². The topological polar surface area (TPSA) is 36.9 Å². The van der Waals surface area contributed by atoms with Crippen molar-refractivity contribution in [3.05, 3.63) is 59.2 Å². The molecule has 0 bridgehead atoms. The van der Waals surface area contributed by atoms with E-state index in [0.717, 1.165) is 28.2 Å². The molecule has 0 aromatic heterocycles. The average Bonchev–Trinajstić information content (AvgIpc) is 2.67. The number of terminal acetylenes is 2. The molecule has 0 heterocycles. The van der Waals surface area contributed by atoms with Crippen LogP contribution in [0.4, 0.5) is 0 Å². The van der Waals surface area contributed by atoms with E-state index in [0.29, 0.717) is 19.8 Å². The quantitative estimate of drug-likeness (QED) is 0.485. The van der Waals surface area contributed by atoms with Gasteiger partial charge in [-0.05, 0) is 41.0 Å². The Labute approximate surface area is 155 Å². The van der Waals surface area contributed by atoms with E-state index in [1.807, 2.05) is 42.5 Å². The van der Waals surface area contributed by atoms with Gasteiger partial charge in [-0.2, -0.15) is 0 Å². The molecule has 0 spiro atoms. The van der Waals surface area contributed by atoms with Crippen molar-refractivity contribution < 1.29 is 18.9 Å². The van der Waals surface area contributed by atoms with Crippen molar-refractivity contribution >= 4 is 0 Å². The van der Waals surface area contributed by atoms with Gasteiger partial charge in [-0.25, -0.2) is 0 Å². The Hall–Kier alpha value is -2.92. The van der Waals surface area contributed by atoms with Crippen LogP contribution in [0.1, 0.15) is 16.7 Å². The molecule has 2 rings (SSSR count). The minimum atomic E-state index is 0.264. The lowest BCUT2D eigenvalue weighted by atomic mass is 10.1. The highest BCUT2D eigenvalue weighted by Crippen LogP contribution is 2.21. The standard InChI is InChI=1S/C22H22O4/c1-4-10-24-15-19-12-20(16-25-11-5-2)14-22(13-19)26-17-18-6-8-21(23-3)9-7-18/h1-2,6-9,12-14H,10-11,15-17H2,3H3. The fraction of sp³-hybridized carbons (Fsp3) is 0.273. The van der Waals surface area contributed by atoms with Crippen LogP contribution in [0, 0.1) is 24.7 Å². The summed E-state index contributed by atoms with van der Waals surface area (Å²) in [7, 11) is 1.64. The highest BCUT2D eigenvalue weighted by molar-refractivity contribution is 5.35. The fourth-order valence-corrected chi connectivity index (χ4v) is 2.32. The smallest absolute Gasteiger partial charge is 0.120 e. The van der Waals surface area contributed by atoms with Crippen LogP contribution in [0.15, 0.2) is 42.5 Å². The maximum absolute atomic E-state index is 5.93. The Kier molecular flexibility index (Phi) is 8.09. The molecule has 0 saturated heterocycles. The van der Waals surface area contributed by atoms with Crippen molar-refractivity contribution in [3.8, 4) is 36.2 Å². The predicted molar refractivity (Wildman–Crippen MR) is 101 cm³/mol. The summed E-state index contributed by atoms with van der Waals surface area (Å²) in [6, 6.07) is 13.6. The molecule has 0 amide bonds. The van der Waals surface area contributed by atoms with Gasteiger partial charge in [-0.15, -0.1) is 12.8 Å². The molecule has 0 unspecified atom stereocenters. The van der Waals surface area contributed by atoms with Gasteiger partial charge in [0.25, 0.3) is 0 Å². The normalized spacial score (nSPS) is 9.96. The molecular weight excluding hydrogens is 328 g/mol. The Bertz CT molecular complexity index is 728. The number of methoxy groups -OCH3 is 1. The van der Waals surface area contributed by atoms with Gasteiger partial charge in [0.05, 0.1) is 20.3 Å². The van der Waals surface area contributed by atoms with Crippen LogP contribution in [0.2, 0.25) is 0 Å². The van der Waals surface area contributed by atoms with Gasteiger partial charge in [0.15, 0.2) is 0 Å². The first-order valence-corrected chi connectivity index (χ1v) is 8.16. The Morgan fingerprint density at radius 3 is 1.81 bits per heavy atom. The molecule has 0 N–H and O–H groups in total. The van der Waals surface area contributed by atoms with Gasteiger partial charge in [0.2, 0.25) is 0 Å². The lowest BCUT2D eigenvalue weighted by Gasteiger charge is -2.12. The molecule has 0 atom stereocenters. The average molecular weight is 350 g/mol. The van der Waals surface area contributed by atoms with E-state index in [4.69, 9.17) is 31.8 Å². The lowest BCUT2D eigenvalue weighted by Crippen LogP contribution is -2.01. The van der Waals surface area contributed by atoms with E-state index in [9.17, 15) is 0 Å². The molecule has 4 nitrogen and oxygen atoms in total. The second-order valence-electron chi connectivity index (χ2n) is 5.52. The summed E-state index contributed by atoms with van der Waals surface area (Å²) in [6.45, 7) is 1.79. The van der Waals surface area contributed by atoms with Crippen molar-refractivity contribution in [2.75, 3.05) is 20.3 Å². The second kappa shape index (κ2) is 10.8. The van der Waals surface area contributed by atoms with Gasteiger partial charge < -0.3 is 18.9 Å². The van der Waals surface area contributed by atoms with Gasteiger partial charge in [0, 0.05) is 0 Å². The summed E-state index contributed by atoms with van der Waals surface area (Å²) >= 11 is 0. The molecular formula is C22H22O4. The molecule has 0 saturated carbocycles. The first kappa shape index (κ1) is 19.4. The lowest BCUT2D eigenvalue weighted by molar-refractivity contribution is 0.148. The summed E-state index contributed by atoms with van der Waals surface area (Å²) in [5, 5.41) is 0. The van der Waals surface area contributed by atoms with Crippen LogP contribution in [0.5, 0.6) is 11.5 Å². The summed E-state index contributed by atoms with van der Waals surface area (Å²) in [6.07, 6.45) is 10.4. The van der Waals surface area contributed by atoms with Crippen LogP contribution in [-0.4, -0.2) is 20.3 Å². The molecule has 0 aliphatic rings. The SMILES string of the molecule is C#CCOCc1cc(COCC#C)cc(OCc2ccc(OC)cc2)c1. The van der Waals surface area contributed by atoms with E-state index in [1.165, 1.54) is 0 Å². The third kappa shape index (κ3) is 6.53. The van der Waals surface area contributed by atoms with Gasteiger partial charge in [-0.3, -0.25) is 0 Å². The molecule has 134 valence electrons. The first-order chi connectivity index (χ1) is 12.7. The summed E-state index contributed by atoms with van der Waals surface area (Å²) in [5.74, 6) is 6.46. The van der Waals surface area contributed by atoms with Crippen molar-refractivity contribution in [3.63, 3.8) is 0 Å². The zero-order valence-corrected chi connectivity index (χ0v) is 14.9. The van der Waals surface area contributed by atoms with Gasteiger partial charge in [0.1, 0.15) is 31.3 Å². The van der Waals surface area contributed by atoms with E-state index < -0.39 is 0 Å². The Morgan fingerprint density at radius 1 is 0.731 bits per heavy atom. The van der Waals surface area contributed by atoms with Gasteiger partial charge in [-0.1, -0.05) is 30.0 Å². The monoisotopic (exact) mass is 350 g/mol. The first-order valence-electron chi connectivity index (χ1n) is 8.16. The molecule has 0 aliphatic heterocycles. The van der Waals surface area contributed by atoms with Gasteiger partial charge >= 0.3 is 0 Å². The van der Waals surface area contributed by atoms with E-state index in [-0.39, 0.29) is 13.2 Å². The Balaban J connectivity index is 2.05. The third-order valence-electron chi connectivity index (χ3n) is 3.50. The van der Waals surface area contributed by atoms with Crippen LogP contribution in [0.25, 0.3) is 0 Å². The minimum absolute atomic E-state index is 0.264. The largest absolute Gasteiger partial charge is 0.497 e. The molecule has 4 heteroatoms. The number of ether oxygens (including phenoxy) is 4. The summed E-state index contributed by atoms with van der Waals surface area (Å²) in [5.41, 5.74) is 2.98. The predicted octanol–water partition coefficient (Wildman–Crippen LogP) is 3.57. The van der Waals surface area contributed by atoms with E-state index in [2.05, 4.69) is 11.8 Å². The maximum atomic E-state index is 5.93. The van der Waals surface area contributed by atoms with Crippen molar-refractivity contribution in [1.29, 1.82) is 0 Å². The van der Waals surface area contributed by atoms with Crippen molar-refractivity contribution in [2.24, 2.45) is 0 Å². The van der Waals surface area contributed by atoms with Crippen LogP contribution >= 0.6 is 0 Å². The third-order valence-corrected chi connectivity index (χ3v) is 3.50. The van der Waals surface area contributed by atoms with Crippen molar-refractivity contribution in [1.82, 2.24) is 0 Å². The molecule has 0 fully saturated rings. The van der Waals surface area contributed by atoms with Crippen molar-refractivity contribution in [2.45, 2.75) is 19.8 Å². The molecule has 26 heavy (non-hydrogen) atoms. The Morgan fingerprint density at radius 2 is 1.31 bits per heavy atom. The molecule has 0 radical (unpaired) electrons. The highest BCUT2D eigenvalue weighted by atomic mass is 16.5. The number of hydrogen-bond donors (Lipinski definition) is 0. The van der Waals surface area contributed by atoms with Crippen LogP contribution in [0.3, 0.4) is 0 Å².